The Hall–Kier alpha value is -1.77. The molecule has 1 heterocycles. The zero-order valence-electron chi connectivity index (χ0n) is 8.94. The predicted octanol–water partition coefficient (Wildman–Crippen LogP) is 2.02. The number of phenolic OH excluding ortho intramolecular Hbond substituents is 1. The average Bonchev–Trinajstić information content (AvgIpc) is 2.45. The van der Waals surface area contributed by atoms with Crippen molar-refractivity contribution in [2.75, 3.05) is 0 Å². The van der Waals surface area contributed by atoms with E-state index >= 15 is 0 Å². The lowest BCUT2D eigenvalue weighted by Crippen LogP contribution is -1.93. The topological polar surface area (TPSA) is 38.0 Å². The molecule has 2 rings (SSSR count). The molecule has 2 aromatic rings. The minimum atomic E-state index is 0.307. The van der Waals surface area contributed by atoms with Gasteiger partial charge in [0.2, 0.25) is 0 Å². The van der Waals surface area contributed by atoms with E-state index in [1.165, 1.54) is 5.56 Å². The molecule has 15 heavy (non-hydrogen) atoms. The second kappa shape index (κ2) is 3.77. The second-order valence-electron chi connectivity index (χ2n) is 3.78. The molecular weight excluding hydrogens is 188 g/mol. The highest BCUT2D eigenvalue weighted by atomic mass is 16.3. The molecule has 0 spiro atoms. The molecule has 0 unspecified atom stereocenters. The summed E-state index contributed by atoms with van der Waals surface area (Å²) >= 11 is 0. The molecule has 3 nitrogen and oxygen atoms in total. The largest absolute Gasteiger partial charge is 0.508 e. The molecule has 0 fully saturated rings. The third-order valence-corrected chi connectivity index (χ3v) is 2.40. The lowest BCUT2D eigenvalue weighted by Gasteiger charge is -2.00. The fraction of sp³-hybridized carbons (Fsp3) is 0.250. The first-order valence-corrected chi connectivity index (χ1v) is 4.92. The normalized spacial score (nSPS) is 10.5. The number of hydrogen-bond donors (Lipinski definition) is 1. The highest BCUT2D eigenvalue weighted by molar-refractivity contribution is 5.31. The third kappa shape index (κ3) is 2.18. The van der Waals surface area contributed by atoms with Crippen LogP contribution in [0.4, 0.5) is 0 Å². The van der Waals surface area contributed by atoms with Gasteiger partial charge in [-0.1, -0.05) is 12.1 Å². The Morgan fingerprint density at radius 1 is 1.40 bits per heavy atom. The van der Waals surface area contributed by atoms with Crippen LogP contribution in [0.15, 0.2) is 30.5 Å². The molecular formula is C12H14N2O. The molecule has 3 heteroatoms. The molecule has 0 saturated carbocycles. The summed E-state index contributed by atoms with van der Waals surface area (Å²) in [4.78, 5) is 0. The first-order chi connectivity index (χ1) is 7.15. The molecule has 0 saturated heterocycles. The van der Waals surface area contributed by atoms with Gasteiger partial charge in [0.25, 0.3) is 0 Å². The number of aromatic nitrogens is 2. The number of rotatable bonds is 2. The van der Waals surface area contributed by atoms with E-state index in [-0.39, 0.29) is 0 Å². The SMILES string of the molecule is Cc1cn(C)nc1Cc1cccc(O)c1. The van der Waals surface area contributed by atoms with E-state index in [9.17, 15) is 5.11 Å². The smallest absolute Gasteiger partial charge is 0.115 e. The van der Waals surface area contributed by atoms with E-state index < -0.39 is 0 Å². The van der Waals surface area contributed by atoms with Crippen molar-refractivity contribution in [1.29, 1.82) is 0 Å². The number of aromatic hydroxyl groups is 1. The Morgan fingerprint density at radius 2 is 2.20 bits per heavy atom. The van der Waals surface area contributed by atoms with Crippen molar-refractivity contribution in [2.24, 2.45) is 7.05 Å². The van der Waals surface area contributed by atoms with Gasteiger partial charge in [-0.05, 0) is 30.2 Å². The molecule has 78 valence electrons. The summed E-state index contributed by atoms with van der Waals surface area (Å²) in [5.74, 6) is 0.307. The van der Waals surface area contributed by atoms with Crippen LogP contribution in [-0.2, 0) is 13.5 Å². The maximum atomic E-state index is 9.34. The maximum absolute atomic E-state index is 9.34. The lowest BCUT2D eigenvalue weighted by molar-refractivity contribution is 0.474. The van der Waals surface area contributed by atoms with Gasteiger partial charge in [-0.25, -0.2) is 0 Å². The van der Waals surface area contributed by atoms with Gasteiger partial charge < -0.3 is 5.11 Å². The lowest BCUT2D eigenvalue weighted by atomic mass is 10.1. The second-order valence-corrected chi connectivity index (χ2v) is 3.78. The quantitative estimate of drug-likeness (QED) is 0.809. The molecule has 0 atom stereocenters. The molecule has 0 aliphatic rings. The van der Waals surface area contributed by atoms with Gasteiger partial charge in [-0.15, -0.1) is 0 Å². The van der Waals surface area contributed by atoms with Crippen molar-refractivity contribution in [2.45, 2.75) is 13.3 Å². The molecule has 0 radical (unpaired) electrons. The van der Waals surface area contributed by atoms with Crippen molar-refractivity contribution in [1.82, 2.24) is 9.78 Å². The minimum absolute atomic E-state index is 0.307. The number of benzene rings is 1. The van der Waals surface area contributed by atoms with Crippen LogP contribution >= 0.6 is 0 Å². The van der Waals surface area contributed by atoms with E-state index in [0.717, 1.165) is 17.7 Å². The summed E-state index contributed by atoms with van der Waals surface area (Å²) in [6.45, 7) is 2.05. The number of aryl methyl sites for hydroxylation is 2. The fourth-order valence-corrected chi connectivity index (χ4v) is 1.69. The molecule has 1 aromatic heterocycles. The van der Waals surface area contributed by atoms with Crippen molar-refractivity contribution in [3.05, 3.63) is 47.3 Å². The summed E-state index contributed by atoms with van der Waals surface area (Å²) in [6.07, 6.45) is 2.76. The van der Waals surface area contributed by atoms with Gasteiger partial charge >= 0.3 is 0 Å². The van der Waals surface area contributed by atoms with Crippen LogP contribution in [0, 0.1) is 6.92 Å². The van der Waals surface area contributed by atoms with E-state index in [0.29, 0.717) is 5.75 Å². The Kier molecular flexibility index (Phi) is 2.46. The first kappa shape index (κ1) is 9.77. The van der Waals surface area contributed by atoms with E-state index in [1.807, 2.05) is 37.0 Å². The first-order valence-electron chi connectivity index (χ1n) is 4.92. The zero-order chi connectivity index (χ0) is 10.8. The van der Waals surface area contributed by atoms with E-state index in [1.54, 1.807) is 12.1 Å². The molecule has 0 aliphatic heterocycles. The Labute approximate surface area is 89.0 Å². The van der Waals surface area contributed by atoms with E-state index in [2.05, 4.69) is 5.10 Å². The highest BCUT2D eigenvalue weighted by Crippen LogP contribution is 2.15. The Morgan fingerprint density at radius 3 is 2.80 bits per heavy atom. The van der Waals surface area contributed by atoms with Crippen LogP contribution in [0.2, 0.25) is 0 Å². The average molecular weight is 202 g/mol. The summed E-state index contributed by atoms with van der Waals surface area (Å²) in [5.41, 5.74) is 3.32. The van der Waals surface area contributed by atoms with Gasteiger partial charge in [0, 0.05) is 19.7 Å². The van der Waals surface area contributed by atoms with Crippen LogP contribution in [0.1, 0.15) is 16.8 Å². The molecule has 1 N–H and O–H groups in total. The zero-order valence-corrected chi connectivity index (χ0v) is 8.94. The summed E-state index contributed by atoms with van der Waals surface area (Å²) in [5, 5.41) is 13.7. The van der Waals surface area contributed by atoms with Crippen LogP contribution in [0.5, 0.6) is 5.75 Å². The number of hydrogen-bond acceptors (Lipinski definition) is 2. The standard InChI is InChI=1S/C12H14N2O/c1-9-8-14(2)13-12(9)7-10-4-3-5-11(15)6-10/h3-6,8,15H,7H2,1-2H3. The molecule has 0 aliphatic carbocycles. The molecule has 0 bridgehead atoms. The number of phenols is 1. The molecule has 1 aromatic carbocycles. The van der Waals surface area contributed by atoms with E-state index in [4.69, 9.17) is 0 Å². The predicted molar refractivity (Wildman–Crippen MR) is 58.9 cm³/mol. The van der Waals surface area contributed by atoms with Crippen LogP contribution in [-0.4, -0.2) is 14.9 Å². The minimum Gasteiger partial charge on any atom is -0.508 e. The summed E-state index contributed by atoms with van der Waals surface area (Å²) in [7, 11) is 1.92. The van der Waals surface area contributed by atoms with Gasteiger partial charge in [-0.2, -0.15) is 5.10 Å². The Bertz CT molecular complexity index is 474. The van der Waals surface area contributed by atoms with Gasteiger partial charge in [-0.3, -0.25) is 4.68 Å². The van der Waals surface area contributed by atoms with Gasteiger partial charge in [0.15, 0.2) is 0 Å². The summed E-state index contributed by atoms with van der Waals surface area (Å²) in [6, 6.07) is 7.29. The van der Waals surface area contributed by atoms with Crippen LogP contribution in [0.25, 0.3) is 0 Å². The Balaban J connectivity index is 2.25. The van der Waals surface area contributed by atoms with Crippen molar-refractivity contribution < 1.29 is 5.11 Å². The fourth-order valence-electron chi connectivity index (χ4n) is 1.69. The molecule has 0 amide bonds. The van der Waals surface area contributed by atoms with Crippen molar-refractivity contribution >= 4 is 0 Å². The maximum Gasteiger partial charge on any atom is 0.115 e. The summed E-state index contributed by atoms with van der Waals surface area (Å²) < 4.78 is 1.81. The van der Waals surface area contributed by atoms with Crippen LogP contribution < -0.4 is 0 Å². The highest BCUT2D eigenvalue weighted by Gasteiger charge is 2.04. The van der Waals surface area contributed by atoms with Crippen molar-refractivity contribution in [3.8, 4) is 5.75 Å². The number of nitrogens with zero attached hydrogens (tertiary/aromatic N) is 2. The third-order valence-electron chi connectivity index (χ3n) is 2.40. The van der Waals surface area contributed by atoms with Crippen LogP contribution in [0.3, 0.4) is 0 Å². The van der Waals surface area contributed by atoms with Crippen molar-refractivity contribution in [3.63, 3.8) is 0 Å². The van der Waals surface area contributed by atoms with Gasteiger partial charge in [0.05, 0.1) is 5.69 Å². The van der Waals surface area contributed by atoms with Gasteiger partial charge in [0.1, 0.15) is 5.75 Å². The monoisotopic (exact) mass is 202 g/mol.